The maximum atomic E-state index is 12.5. The van der Waals surface area contributed by atoms with Gasteiger partial charge in [-0.25, -0.2) is 0 Å². The normalized spacial score (nSPS) is 12.7. The van der Waals surface area contributed by atoms with Crippen molar-refractivity contribution in [2.24, 2.45) is 0 Å². The highest BCUT2D eigenvalue weighted by Crippen LogP contribution is 2.23. The summed E-state index contributed by atoms with van der Waals surface area (Å²) in [6, 6.07) is 12.8. The molecule has 0 heterocycles. The fourth-order valence-corrected chi connectivity index (χ4v) is 2.60. The topological polar surface area (TPSA) is 106 Å². The van der Waals surface area contributed by atoms with Crippen molar-refractivity contribution >= 4 is 23.2 Å². The lowest BCUT2D eigenvalue weighted by Crippen LogP contribution is -3.12. The van der Waals surface area contributed by atoms with Crippen LogP contribution in [0.4, 0.5) is 11.4 Å². The Morgan fingerprint density at radius 1 is 1.15 bits per heavy atom. The molecule has 0 spiro atoms. The van der Waals surface area contributed by atoms with E-state index in [9.17, 15) is 19.7 Å². The molecule has 0 fully saturated rings. The number of carbonyl (C=O) groups is 2. The van der Waals surface area contributed by atoms with E-state index in [0.29, 0.717) is 12.1 Å². The number of para-hydroxylation sites is 2. The highest BCUT2D eigenvalue weighted by molar-refractivity contribution is 5.95. The van der Waals surface area contributed by atoms with Crippen LogP contribution in [0.5, 0.6) is 0 Å². The Hall–Kier alpha value is -3.26. The molecule has 2 amide bonds. The van der Waals surface area contributed by atoms with Gasteiger partial charge in [0.25, 0.3) is 17.5 Å². The molecular weight excluding hydrogens is 348 g/mol. The molecule has 2 aromatic rings. The van der Waals surface area contributed by atoms with Crippen molar-refractivity contribution < 1.29 is 19.4 Å². The van der Waals surface area contributed by atoms with Crippen LogP contribution in [0, 0.1) is 10.1 Å². The van der Waals surface area contributed by atoms with E-state index in [-0.39, 0.29) is 23.2 Å². The lowest BCUT2D eigenvalue weighted by atomic mass is 10.1. The van der Waals surface area contributed by atoms with Crippen LogP contribution in [0.2, 0.25) is 0 Å². The molecule has 8 nitrogen and oxygen atoms in total. The van der Waals surface area contributed by atoms with Gasteiger partial charge in [-0.3, -0.25) is 19.7 Å². The first-order valence-corrected chi connectivity index (χ1v) is 8.51. The van der Waals surface area contributed by atoms with Crippen molar-refractivity contribution in [3.8, 4) is 0 Å². The van der Waals surface area contributed by atoms with Crippen molar-refractivity contribution in [3.63, 3.8) is 0 Å². The van der Waals surface area contributed by atoms with E-state index < -0.39 is 11.0 Å². The molecule has 0 bridgehead atoms. The van der Waals surface area contributed by atoms with E-state index >= 15 is 0 Å². The number of benzene rings is 2. The summed E-state index contributed by atoms with van der Waals surface area (Å²) in [4.78, 5) is 35.5. The summed E-state index contributed by atoms with van der Waals surface area (Å²) in [7, 11) is 3.45. The molecule has 142 valence electrons. The van der Waals surface area contributed by atoms with Gasteiger partial charge in [-0.2, -0.15) is 0 Å². The average Bonchev–Trinajstić information content (AvgIpc) is 2.67. The highest BCUT2D eigenvalue weighted by Gasteiger charge is 2.24. The van der Waals surface area contributed by atoms with Gasteiger partial charge < -0.3 is 15.5 Å². The van der Waals surface area contributed by atoms with Gasteiger partial charge in [0.05, 0.1) is 12.0 Å². The summed E-state index contributed by atoms with van der Waals surface area (Å²) in [6.07, 6.45) is 0. The molecule has 0 radical (unpaired) electrons. The molecule has 3 N–H and O–H groups in total. The van der Waals surface area contributed by atoms with Gasteiger partial charge in [0.15, 0.2) is 6.04 Å². The minimum absolute atomic E-state index is 0.138. The summed E-state index contributed by atoms with van der Waals surface area (Å²) in [5, 5.41) is 16.3. The Morgan fingerprint density at radius 3 is 2.37 bits per heavy atom. The number of anilines is 1. The Labute approximate surface area is 157 Å². The maximum absolute atomic E-state index is 12.5. The number of nitrogens with zero attached hydrogens (tertiary/aromatic N) is 1. The van der Waals surface area contributed by atoms with Crippen molar-refractivity contribution in [1.29, 1.82) is 0 Å². The third-order valence-corrected chi connectivity index (χ3v) is 4.42. The van der Waals surface area contributed by atoms with E-state index in [1.54, 1.807) is 38.2 Å². The van der Waals surface area contributed by atoms with Gasteiger partial charge in [-0.15, -0.1) is 0 Å². The third kappa shape index (κ3) is 5.11. The van der Waals surface area contributed by atoms with E-state index in [0.717, 1.165) is 10.5 Å². The Morgan fingerprint density at radius 2 is 1.78 bits per heavy atom. The lowest BCUT2D eigenvalue weighted by Gasteiger charge is -2.21. The van der Waals surface area contributed by atoms with E-state index in [4.69, 9.17) is 0 Å². The molecule has 0 aliphatic carbocycles. The average molecular weight is 371 g/mol. The van der Waals surface area contributed by atoms with Gasteiger partial charge >= 0.3 is 0 Å². The predicted octanol–water partition coefficient (Wildman–Crippen LogP) is 0.996. The van der Waals surface area contributed by atoms with Crippen LogP contribution in [0.15, 0.2) is 48.5 Å². The second-order valence-corrected chi connectivity index (χ2v) is 6.28. The number of nitro groups is 1. The standard InChI is InChI=1S/C19H22N4O4/c1-13(18(24)21-16-6-4-5-7-17(16)23(26)27)22(3)12-14-8-10-15(11-9-14)19(25)20-2/h4-11,13H,12H2,1-3H3,(H,20,25)(H,21,24)/p+1/t13-/m0/s1. The molecule has 2 atom stereocenters. The molecule has 2 aromatic carbocycles. The van der Waals surface area contributed by atoms with Gasteiger partial charge in [-0.05, 0) is 25.1 Å². The van der Waals surface area contributed by atoms with Crippen LogP contribution in [0.25, 0.3) is 0 Å². The fourth-order valence-electron chi connectivity index (χ4n) is 2.60. The third-order valence-electron chi connectivity index (χ3n) is 4.42. The zero-order chi connectivity index (χ0) is 20.0. The number of hydrogen-bond acceptors (Lipinski definition) is 4. The molecule has 0 aliphatic heterocycles. The second-order valence-electron chi connectivity index (χ2n) is 6.28. The van der Waals surface area contributed by atoms with Gasteiger partial charge in [0, 0.05) is 24.2 Å². The molecule has 1 unspecified atom stereocenters. The number of nitro benzene ring substituents is 1. The zero-order valence-corrected chi connectivity index (χ0v) is 15.5. The smallest absolute Gasteiger partial charge is 0.292 e. The minimum atomic E-state index is -0.523. The minimum Gasteiger partial charge on any atom is -0.355 e. The lowest BCUT2D eigenvalue weighted by molar-refractivity contribution is -0.907. The molecule has 27 heavy (non-hydrogen) atoms. The first-order chi connectivity index (χ1) is 12.8. The van der Waals surface area contributed by atoms with Crippen LogP contribution < -0.4 is 15.5 Å². The maximum Gasteiger partial charge on any atom is 0.292 e. The highest BCUT2D eigenvalue weighted by atomic mass is 16.6. The van der Waals surface area contributed by atoms with Crippen LogP contribution in [0.3, 0.4) is 0 Å². The van der Waals surface area contributed by atoms with Crippen LogP contribution in [0.1, 0.15) is 22.8 Å². The summed E-state index contributed by atoms with van der Waals surface area (Å²) in [5.74, 6) is -0.455. The van der Waals surface area contributed by atoms with Crippen molar-refractivity contribution in [3.05, 3.63) is 69.8 Å². The summed E-state index contributed by atoms with van der Waals surface area (Å²) in [6.45, 7) is 2.33. The second kappa shape index (κ2) is 8.91. The molecule has 2 rings (SSSR count). The SMILES string of the molecule is CNC(=O)c1ccc(C[NH+](C)[C@@H](C)C(=O)Nc2ccccc2[N+](=O)[O-])cc1. The number of carbonyl (C=O) groups excluding carboxylic acids is 2. The first kappa shape index (κ1) is 20.1. The molecule has 8 heteroatoms. The summed E-state index contributed by atoms with van der Waals surface area (Å²) in [5.41, 5.74) is 1.59. The summed E-state index contributed by atoms with van der Waals surface area (Å²) >= 11 is 0. The van der Waals surface area contributed by atoms with E-state index in [1.165, 1.54) is 12.1 Å². The monoisotopic (exact) mass is 371 g/mol. The number of nitrogens with one attached hydrogen (secondary N) is 3. The van der Waals surface area contributed by atoms with Crippen LogP contribution in [-0.2, 0) is 11.3 Å². The molecular formula is C19H23N4O4+. The molecule has 0 saturated carbocycles. The van der Waals surface area contributed by atoms with E-state index in [2.05, 4.69) is 10.6 Å². The zero-order valence-electron chi connectivity index (χ0n) is 15.5. The molecule has 0 aromatic heterocycles. The van der Waals surface area contributed by atoms with Gasteiger partial charge in [0.2, 0.25) is 0 Å². The summed E-state index contributed by atoms with van der Waals surface area (Å²) < 4.78 is 0. The van der Waals surface area contributed by atoms with Crippen LogP contribution >= 0.6 is 0 Å². The van der Waals surface area contributed by atoms with Gasteiger partial charge in [0.1, 0.15) is 12.2 Å². The molecule has 0 aliphatic rings. The van der Waals surface area contributed by atoms with Crippen molar-refractivity contribution in [1.82, 2.24) is 5.32 Å². The number of quaternary nitrogens is 1. The van der Waals surface area contributed by atoms with E-state index in [1.807, 2.05) is 19.2 Å². The fraction of sp³-hybridized carbons (Fsp3) is 0.263. The number of hydrogen-bond donors (Lipinski definition) is 3. The largest absolute Gasteiger partial charge is 0.355 e. The molecule has 0 saturated heterocycles. The van der Waals surface area contributed by atoms with Crippen LogP contribution in [-0.4, -0.2) is 36.9 Å². The Bertz CT molecular complexity index is 836. The predicted molar refractivity (Wildman–Crippen MR) is 102 cm³/mol. The Balaban J connectivity index is 2.02. The van der Waals surface area contributed by atoms with Crippen molar-refractivity contribution in [2.75, 3.05) is 19.4 Å². The quantitative estimate of drug-likeness (QED) is 0.499. The number of amides is 2. The first-order valence-electron chi connectivity index (χ1n) is 8.51. The number of rotatable bonds is 7. The van der Waals surface area contributed by atoms with Gasteiger partial charge in [-0.1, -0.05) is 24.3 Å². The van der Waals surface area contributed by atoms with Crippen molar-refractivity contribution in [2.45, 2.75) is 19.5 Å². The Kier molecular flexibility index (Phi) is 6.62. The number of likely N-dealkylation sites (N-methyl/N-ethyl adjacent to an activating group) is 1.